The second-order valence-corrected chi connectivity index (χ2v) is 11.6. The molecule has 1 aliphatic heterocycles. The van der Waals surface area contributed by atoms with Gasteiger partial charge in [0.15, 0.2) is 0 Å². The van der Waals surface area contributed by atoms with E-state index in [1.165, 1.54) is 0 Å². The van der Waals surface area contributed by atoms with E-state index in [0.29, 0.717) is 20.3 Å². The van der Waals surface area contributed by atoms with Crippen LogP contribution in [-0.4, -0.2) is 12.7 Å². The number of anilines is 3. The van der Waals surface area contributed by atoms with Crippen molar-refractivity contribution in [2.45, 2.75) is 13.8 Å². The molecular formula is C26H21NO2Se. The molecule has 0 bridgehead atoms. The van der Waals surface area contributed by atoms with E-state index in [2.05, 4.69) is 29.2 Å². The quantitative estimate of drug-likeness (QED) is 0.343. The van der Waals surface area contributed by atoms with E-state index in [4.69, 9.17) is 0 Å². The van der Waals surface area contributed by atoms with Gasteiger partial charge in [-0.15, -0.1) is 0 Å². The molecule has 4 aromatic carbocycles. The zero-order chi connectivity index (χ0) is 20.9. The van der Waals surface area contributed by atoms with Gasteiger partial charge >= 0.3 is 178 Å². The van der Waals surface area contributed by atoms with Gasteiger partial charge in [-0.05, 0) is 0 Å². The molecule has 0 aromatic heterocycles. The van der Waals surface area contributed by atoms with Crippen LogP contribution in [0.25, 0.3) is 11.1 Å². The molecular weight excluding hydrogens is 437 g/mol. The molecule has 5 rings (SSSR count). The molecule has 4 heteroatoms. The Morgan fingerprint density at radius 3 is 1.73 bits per heavy atom. The first-order chi connectivity index (χ1) is 14.5. The molecule has 0 fully saturated rings. The summed E-state index contributed by atoms with van der Waals surface area (Å²) < 4.78 is 28.0. The Morgan fingerprint density at radius 2 is 1.13 bits per heavy atom. The van der Waals surface area contributed by atoms with Crippen LogP contribution < -0.4 is 13.8 Å². The first-order valence-electron chi connectivity index (χ1n) is 9.88. The van der Waals surface area contributed by atoms with Crippen LogP contribution in [0.5, 0.6) is 0 Å². The van der Waals surface area contributed by atoms with Gasteiger partial charge < -0.3 is 0 Å². The van der Waals surface area contributed by atoms with Gasteiger partial charge in [0.2, 0.25) is 0 Å². The van der Waals surface area contributed by atoms with Crippen LogP contribution in [0.4, 0.5) is 17.1 Å². The van der Waals surface area contributed by atoms with Gasteiger partial charge in [-0.2, -0.15) is 0 Å². The molecule has 148 valence electrons. The third kappa shape index (κ3) is 2.88. The number of hydrogen-bond donors (Lipinski definition) is 0. The Labute approximate surface area is 178 Å². The van der Waals surface area contributed by atoms with Crippen molar-refractivity contribution in [3.63, 3.8) is 0 Å². The summed E-state index contributed by atoms with van der Waals surface area (Å²) in [6, 6.07) is 29.8. The molecule has 0 radical (unpaired) electrons. The Balaban J connectivity index is 1.86. The van der Waals surface area contributed by atoms with Gasteiger partial charge in [-0.3, -0.25) is 0 Å². The molecule has 1 heterocycles. The van der Waals surface area contributed by atoms with Crippen molar-refractivity contribution in [2.75, 3.05) is 4.90 Å². The van der Waals surface area contributed by atoms with Gasteiger partial charge in [-0.25, -0.2) is 0 Å². The third-order valence-corrected chi connectivity index (χ3v) is 9.32. The van der Waals surface area contributed by atoms with E-state index < -0.39 is 12.7 Å². The number of aryl methyl sites for hydroxylation is 2. The molecule has 30 heavy (non-hydrogen) atoms. The van der Waals surface area contributed by atoms with Crippen LogP contribution in [-0.2, 0) is 7.67 Å². The molecule has 0 aliphatic carbocycles. The summed E-state index contributed by atoms with van der Waals surface area (Å²) >= 11 is -4.53. The van der Waals surface area contributed by atoms with Gasteiger partial charge in [0.1, 0.15) is 0 Å². The van der Waals surface area contributed by atoms with Crippen molar-refractivity contribution in [3.05, 3.63) is 102 Å². The maximum atomic E-state index is 13.6. The number of benzene rings is 4. The van der Waals surface area contributed by atoms with Crippen LogP contribution in [0, 0.1) is 13.8 Å². The second-order valence-electron chi connectivity index (χ2n) is 7.66. The summed E-state index contributed by atoms with van der Waals surface area (Å²) in [5.41, 5.74) is 6.42. The van der Waals surface area contributed by atoms with Gasteiger partial charge in [0.05, 0.1) is 0 Å². The van der Waals surface area contributed by atoms with Crippen molar-refractivity contribution < 1.29 is 7.67 Å². The van der Waals surface area contributed by atoms with Crippen LogP contribution in [0.2, 0.25) is 0 Å². The summed E-state index contributed by atoms with van der Waals surface area (Å²) in [5.74, 6) is 0. The van der Waals surface area contributed by atoms with E-state index in [0.717, 1.165) is 27.9 Å². The number of hydrogen-bond acceptors (Lipinski definition) is 3. The summed E-state index contributed by atoms with van der Waals surface area (Å²) in [7, 11) is 0. The molecule has 0 saturated carbocycles. The predicted molar refractivity (Wildman–Crippen MR) is 122 cm³/mol. The molecule has 0 saturated heterocycles. The van der Waals surface area contributed by atoms with E-state index in [1.54, 1.807) is 12.1 Å². The minimum atomic E-state index is -4.53. The Kier molecular flexibility index (Phi) is 4.35. The molecule has 3 nitrogen and oxygen atoms in total. The summed E-state index contributed by atoms with van der Waals surface area (Å²) in [4.78, 5) is 2.09. The number of rotatable bonds is 2. The van der Waals surface area contributed by atoms with Gasteiger partial charge in [0, 0.05) is 0 Å². The van der Waals surface area contributed by atoms with E-state index in [-0.39, 0.29) is 0 Å². The normalized spacial score (nSPS) is 14.1. The topological polar surface area (TPSA) is 37.4 Å². The van der Waals surface area contributed by atoms with Gasteiger partial charge in [0.25, 0.3) is 0 Å². The molecule has 0 N–H and O–H groups in total. The fourth-order valence-corrected chi connectivity index (χ4v) is 7.83. The average molecular weight is 458 g/mol. The summed E-state index contributed by atoms with van der Waals surface area (Å²) in [6.45, 7) is 3.86. The third-order valence-electron chi connectivity index (χ3n) is 5.52. The van der Waals surface area contributed by atoms with E-state index in [1.807, 2.05) is 68.4 Å². The van der Waals surface area contributed by atoms with Crippen LogP contribution in [0.1, 0.15) is 11.1 Å². The maximum absolute atomic E-state index is 13.6. The number of nitrogens with zero attached hydrogens (tertiary/aromatic N) is 1. The van der Waals surface area contributed by atoms with Crippen molar-refractivity contribution in [3.8, 4) is 11.1 Å². The number of fused-ring (bicyclic) bond motifs is 2. The van der Waals surface area contributed by atoms with Crippen molar-refractivity contribution in [1.29, 1.82) is 0 Å². The summed E-state index contributed by atoms with van der Waals surface area (Å²) in [5, 5.41) is 0. The zero-order valence-corrected chi connectivity index (χ0v) is 18.5. The first-order valence-corrected chi connectivity index (χ1v) is 13.0. The van der Waals surface area contributed by atoms with Crippen LogP contribution >= 0.6 is 0 Å². The summed E-state index contributed by atoms with van der Waals surface area (Å²) in [6.07, 6.45) is 0. The Bertz CT molecular complexity index is 1320. The first kappa shape index (κ1) is 18.8. The molecule has 4 aromatic rings. The average Bonchev–Trinajstić information content (AvgIpc) is 2.76. The predicted octanol–water partition coefficient (Wildman–Crippen LogP) is 5.17. The molecule has 0 atom stereocenters. The monoisotopic (exact) mass is 459 g/mol. The molecule has 0 amide bonds. The number of para-hydroxylation sites is 1. The minimum absolute atomic E-state index is 0.423. The Morgan fingerprint density at radius 1 is 0.600 bits per heavy atom. The van der Waals surface area contributed by atoms with E-state index >= 15 is 0 Å². The molecule has 1 aliphatic rings. The van der Waals surface area contributed by atoms with Crippen LogP contribution in [0.3, 0.4) is 0 Å². The van der Waals surface area contributed by atoms with Crippen molar-refractivity contribution in [1.82, 2.24) is 0 Å². The standard InChI is InChI=1S/C26H21NO2Se/c1-18-12-14-23-25(16-18)30(28,29)26-17-19(2)13-15-24(26)27(23)22-11-7-6-10-21(22)20-8-4-3-5-9-20/h3-17H,1-2H3. The van der Waals surface area contributed by atoms with Gasteiger partial charge in [-0.1, -0.05) is 0 Å². The fraction of sp³-hybridized carbons (Fsp3) is 0.0769. The molecule has 0 spiro atoms. The SMILES string of the molecule is Cc1ccc2c(c1)[Se](=O)(=O)c1cc(C)ccc1N2c1ccccc1-c1ccccc1. The van der Waals surface area contributed by atoms with Crippen molar-refractivity contribution in [2.24, 2.45) is 0 Å². The Hall–Kier alpha value is -3.20. The van der Waals surface area contributed by atoms with Crippen LogP contribution in [0.15, 0.2) is 91.0 Å². The second kappa shape index (κ2) is 6.94. The van der Waals surface area contributed by atoms with E-state index in [9.17, 15) is 7.67 Å². The zero-order valence-electron chi connectivity index (χ0n) is 16.8. The molecule has 0 unspecified atom stereocenters. The van der Waals surface area contributed by atoms with Crippen molar-refractivity contribution >= 4 is 38.7 Å². The fourth-order valence-electron chi connectivity index (χ4n) is 4.08.